The summed E-state index contributed by atoms with van der Waals surface area (Å²) < 4.78 is 5.86. The monoisotopic (exact) mass is 390 g/mol. The van der Waals surface area contributed by atoms with Gasteiger partial charge in [-0.3, -0.25) is 4.79 Å². The Balaban J connectivity index is 2.04. The molecule has 26 heavy (non-hydrogen) atoms. The van der Waals surface area contributed by atoms with Crippen molar-refractivity contribution in [3.05, 3.63) is 70.7 Å². The van der Waals surface area contributed by atoms with Gasteiger partial charge < -0.3 is 9.84 Å². The van der Waals surface area contributed by atoms with Crippen LogP contribution in [0.3, 0.4) is 0 Å². The van der Waals surface area contributed by atoms with E-state index in [0.29, 0.717) is 5.75 Å². The molecule has 1 N–H and O–H groups in total. The molecule has 2 aromatic rings. The fourth-order valence-corrected chi connectivity index (χ4v) is 4.57. The second-order valence-electron chi connectivity index (χ2n) is 7.24. The maximum absolute atomic E-state index is 12.2. The summed E-state index contributed by atoms with van der Waals surface area (Å²) in [6, 6.07) is 17.0. The van der Waals surface area contributed by atoms with Crippen molar-refractivity contribution in [2.75, 3.05) is 0 Å². The molecule has 1 aliphatic carbocycles. The fraction of sp³-hybridized carbons (Fsp3) is 0.286. The number of benzene rings is 2. The largest absolute Gasteiger partial charge is 0.481 e. The maximum atomic E-state index is 12.2. The molecular formula is C21H20Cl2O3. The number of aliphatic carboxylic acids is 1. The number of para-hydroxylation sites is 1. The first kappa shape index (κ1) is 18.8. The Bertz CT molecular complexity index is 872. The summed E-state index contributed by atoms with van der Waals surface area (Å²) in [6.07, 6.45) is 1.45. The summed E-state index contributed by atoms with van der Waals surface area (Å²) in [5.41, 5.74) is -1.59. The average molecular weight is 391 g/mol. The molecule has 2 aromatic carbocycles. The Kier molecular flexibility index (Phi) is 4.58. The third kappa shape index (κ3) is 2.53. The number of rotatable bonds is 5. The smallest absolute Gasteiger partial charge is 0.315 e. The molecule has 1 fully saturated rings. The molecule has 0 bridgehead atoms. The predicted octanol–water partition coefficient (Wildman–Crippen LogP) is 6.17. The number of carboxylic acids is 1. The molecule has 1 saturated carbocycles. The van der Waals surface area contributed by atoms with Crippen LogP contribution in [0.2, 0.25) is 0 Å². The molecule has 0 heterocycles. The molecular weight excluding hydrogens is 371 g/mol. The number of halogens is 2. The van der Waals surface area contributed by atoms with Crippen molar-refractivity contribution in [1.29, 1.82) is 0 Å². The standard InChI is InChI=1S/C21H20Cl2O3/c1-19(2)20(3,21(19,18(24)25)13-17(22)23)14-8-7-11-16(12-14)26-15-9-5-4-6-10-15/h4-13H,1-3H3,(H,24,25). The lowest BCUT2D eigenvalue weighted by atomic mass is 9.87. The first-order valence-corrected chi connectivity index (χ1v) is 9.03. The lowest BCUT2D eigenvalue weighted by Crippen LogP contribution is -2.23. The lowest BCUT2D eigenvalue weighted by molar-refractivity contribution is -0.143. The summed E-state index contributed by atoms with van der Waals surface area (Å²) in [7, 11) is 0. The van der Waals surface area contributed by atoms with Gasteiger partial charge in [-0.25, -0.2) is 0 Å². The quantitative estimate of drug-likeness (QED) is 0.663. The molecule has 0 saturated heterocycles. The second-order valence-corrected chi connectivity index (χ2v) is 8.25. The van der Waals surface area contributed by atoms with E-state index in [1.165, 1.54) is 6.08 Å². The summed E-state index contributed by atoms with van der Waals surface area (Å²) in [5.74, 6) is 0.425. The van der Waals surface area contributed by atoms with Crippen LogP contribution in [0.15, 0.2) is 65.2 Å². The van der Waals surface area contributed by atoms with E-state index in [1.54, 1.807) is 0 Å². The van der Waals surface area contributed by atoms with Crippen molar-refractivity contribution >= 4 is 29.2 Å². The van der Waals surface area contributed by atoms with Crippen molar-refractivity contribution in [2.45, 2.75) is 26.2 Å². The van der Waals surface area contributed by atoms with Gasteiger partial charge >= 0.3 is 5.97 Å². The highest BCUT2D eigenvalue weighted by atomic mass is 35.5. The van der Waals surface area contributed by atoms with Gasteiger partial charge in [0.25, 0.3) is 0 Å². The Labute approximate surface area is 163 Å². The zero-order chi connectivity index (χ0) is 19.2. The average Bonchev–Trinajstić information content (AvgIpc) is 2.98. The van der Waals surface area contributed by atoms with E-state index in [4.69, 9.17) is 27.9 Å². The summed E-state index contributed by atoms with van der Waals surface area (Å²) in [5, 5.41) is 10.00. The molecule has 0 aromatic heterocycles. The van der Waals surface area contributed by atoms with Crippen LogP contribution < -0.4 is 4.74 Å². The fourth-order valence-electron chi connectivity index (χ4n) is 4.25. The number of carbonyl (C=O) groups is 1. The number of carboxylic acid groups (broad SMARTS) is 1. The normalized spacial score (nSPS) is 26.0. The van der Waals surface area contributed by atoms with Gasteiger partial charge in [-0.2, -0.15) is 0 Å². The van der Waals surface area contributed by atoms with Gasteiger partial charge in [-0.1, -0.05) is 74.3 Å². The molecule has 5 heteroatoms. The van der Waals surface area contributed by atoms with Crippen molar-refractivity contribution in [2.24, 2.45) is 10.8 Å². The van der Waals surface area contributed by atoms with Crippen LogP contribution in [0.1, 0.15) is 26.3 Å². The lowest BCUT2D eigenvalue weighted by Gasteiger charge is -2.18. The molecule has 0 radical (unpaired) electrons. The molecule has 0 amide bonds. The molecule has 3 nitrogen and oxygen atoms in total. The van der Waals surface area contributed by atoms with Crippen molar-refractivity contribution < 1.29 is 14.6 Å². The van der Waals surface area contributed by atoms with E-state index < -0.39 is 22.2 Å². The van der Waals surface area contributed by atoms with Gasteiger partial charge in [0.2, 0.25) is 0 Å². The van der Waals surface area contributed by atoms with Crippen LogP contribution in [-0.2, 0) is 10.2 Å². The second kappa shape index (κ2) is 6.33. The van der Waals surface area contributed by atoms with Gasteiger partial charge in [-0.15, -0.1) is 0 Å². The zero-order valence-electron chi connectivity index (χ0n) is 14.8. The van der Waals surface area contributed by atoms with Crippen LogP contribution in [0.25, 0.3) is 0 Å². The zero-order valence-corrected chi connectivity index (χ0v) is 16.3. The Hall–Kier alpha value is -1.97. The number of ether oxygens (including phenoxy) is 1. The van der Waals surface area contributed by atoms with Crippen molar-refractivity contribution in [1.82, 2.24) is 0 Å². The van der Waals surface area contributed by atoms with Gasteiger partial charge in [0.1, 0.15) is 21.4 Å². The van der Waals surface area contributed by atoms with Crippen LogP contribution in [-0.4, -0.2) is 11.1 Å². The van der Waals surface area contributed by atoms with E-state index in [-0.39, 0.29) is 4.49 Å². The highest BCUT2D eigenvalue weighted by Crippen LogP contribution is 2.79. The first-order valence-electron chi connectivity index (χ1n) is 8.27. The van der Waals surface area contributed by atoms with E-state index in [1.807, 2.05) is 75.4 Å². The molecule has 3 rings (SSSR count). The van der Waals surface area contributed by atoms with Gasteiger partial charge in [0.05, 0.1) is 0 Å². The third-order valence-electron chi connectivity index (χ3n) is 6.02. The van der Waals surface area contributed by atoms with Crippen LogP contribution in [0.4, 0.5) is 0 Å². The van der Waals surface area contributed by atoms with E-state index in [0.717, 1.165) is 11.3 Å². The maximum Gasteiger partial charge on any atom is 0.315 e. The van der Waals surface area contributed by atoms with E-state index in [2.05, 4.69) is 0 Å². The molecule has 136 valence electrons. The van der Waals surface area contributed by atoms with Crippen molar-refractivity contribution in [3.63, 3.8) is 0 Å². The predicted molar refractivity (Wildman–Crippen MR) is 104 cm³/mol. The van der Waals surface area contributed by atoms with Gasteiger partial charge in [0.15, 0.2) is 0 Å². The minimum absolute atomic E-state index is 0.0408. The topological polar surface area (TPSA) is 46.5 Å². The van der Waals surface area contributed by atoms with E-state index >= 15 is 0 Å². The summed E-state index contributed by atoms with van der Waals surface area (Å²) in [6.45, 7) is 5.76. The summed E-state index contributed by atoms with van der Waals surface area (Å²) in [4.78, 5) is 12.2. The third-order valence-corrected chi connectivity index (χ3v) is 6.23. The SMILES string of the molecule is CC1(C)C(C=C(Cl)Cl)(C(=O)O)C1(C)c1cccc(Oc2ccccc2)c1. The van der Waals surface area contributed by atoms with Gasteiger partial charge in [-0.05, 0) is 41.3 Å². The number of hydrogen-bond donors (Lipinski definition) is 1. The van der Waals surface area contributed by atoms with E-state index in [9.17, 15) is 9.90 Å². The first-order chi connectivity index (χ1) is 12.2. The van der Waals surface area contributed by atoms with Crippen LogP contribution >= 0.6 is 23.2 Å². The Morgan fingerprint density at radius 3 is 2.19 bits per heavy atom. The molecule has 1 aliphatic rings. The highest BCUT2D eigenvalue weighted by molar-refractivity contribution is 6.56. The molecule has 2 unspecified atom stereocenters. The highest BCUT2D eigenvalue weighted by Gasteiger charge is 2.83. The Morgan fingerprint density at radius 1 is 1.00 bits per heavy atom. The van der Waals surface area contributed by atoms with Crippen molar-refractivity contribution in [3.8, 4) is 11.5 Å². The van der Waals surface area contributed by atoms with Crippen LogP contribution in [0, 0.1) is 10.8 Å². The van der Waals surface area contributed by atoms with Gasteiger partial charge in [0, 0.05) is 5.41 Å². The molecule has 0 aliphatic heterocycles. The Morgan fingerprint density at radius 2 is 1.62 bits per heavy atom. The minimum Gasteiger partial charge on any atom is -0.481 e. The minimum atomic E-state index is -1.19. The molecule has 2 atom stereocenters. The summed E-state index contributed by atoms with van der Waals surface area (Å²) >= 11 is 11.7. The molecule has 0 spiro atoms. The van der Waals surface area contributed by atoms with Crippen LogP contribution in [0.5, 0.6) is 11.5 Å². The number of hydrogen-bond acceptors (Lipinski definition) is 2.